The molecule has 2 aromatic carbocycles. The van der Waals surface area contributed by atoms with Gasteiger partial charge in [-0.15, -0.1) is 0 Å². The maximum atomic E-state index is 13.8. The summed E-state index contributed by atoms with van der Waals surface area (Å²) in [5.41, 5.74) is -0.551. The number of benzene rings is 2. The minimum Gasteiger partial charge on any atom is -0.465 e. The summed E-state index contributed by atoms with van der Waals surface area (Å²) >= 11 is 0. The van der Waals surface area contributed by atoms with E-state index in [1.54, 1.807) is 0 Å². The Morgan fingerprint density at radius 2 is 1.38 bits per heavy atom. The zero-order valence-corrected chi connectivity index (χ0v) is 16.8. The highest BCUT2D eigenvalue weighted by atomic mass is 19.1. The van der Waals surface area contributed by atoms with Crippen molar-refractivity contribution in [2.24, 2.45) is 0 Å². The monoisotopic (exact) mass is 442 g/mol. The van der Waals surface area contributed by atoms with Crippen LogP contribution >= 0.6 is 0 Å². The highest BCUT2D eigenvalue weighted by Crippen LogP contribution is 2.17. The van der Waals surface area contributed by atoms with Crippen LogP contribution in [0.15, 0.2) is 58.4 Å². The second kappa shape index (κ2) is 9.21. The van der Waals surface area contributed by atoms with Crippen LogP contribution in [-0.2, 0) is 9.47 Å². The van der Waals surface area contributed by atoms with Crippen LogP contribution in [0, 0.1) is 11.6 Å². The van der Waals surface area contributed by atoms with Crippen molar-refractivity contribution in [2.75, 3.05) is 14.2 Å². The number of halogens is 2. The fourth-order valence-corrected chi connectivity index (χ4v) is 2.96. The number of hydrogen-bond acceptors (Lipinski definition) is 6. The van der Waals surface area contributed by atoms with Crippen molar-refractivity contribution in [3.63, 3.8) is 0 Å². The van der Waals surface area contributed by atoms with Gasteiger partial charge in [-0.1, -0.05) is 0 Å². The van der Waals surface area contributed by atoms with Gasteiger partial charge in [-0.3, -0.25) is 9.59 Å². The first-order valence-corrected chi connectivity index (χ1v) is 9.06. The Morgan fingerprint density at radius 3 is 2.03 bits per heavy atom. The van der Waals surface area contributed by atoms with E-state index in [9.17, 15) is 28.0 Å². The summed E-state index contributed by atoms with van der Waals surface area (Å²) in [4.78, 5) is 50.8. The lowest BCUT2D eigenvalue weighted by Crippen LogP contribution is -2.09. The van der Waals surface area contributed by atoms with Crippen molar-refractivity contribution in [1.29, 1.82) is 0 Å². The van der Waals surface area contributed by atoms with Gasteiger partial charge in [-0.25, -0.2) is 18.4 Å². The summed E-state index contributed by atoms with van der Waals surface area (Å²) in [6, 6.07) is 7.54. The number of ether oxygens (including phenoxy) is 2. The number of esters is 2. The van der Waals surface area contributed by atoms with E-state index < -0.39 is 29.0 Å². The van der Waals surface area contributed by atoms with Crippen LogP contribution in [0.2, 0.25) is 0 Å². The average Bonchev–Trinajstić information content (AvgIpc) is 2.78. The van der Waals surface area contributed by atoms with Gasteiger partial charge in [0.2, 0.25) is 0 Å². The maximum Gasteiger partial charge on any atom is 0.340 e. The molecule has 4 rings (SSSR count). The van der Waals surface area contributed by atoms with Gasteiger partial charge in [0.25, 0.3) is 0 Å². The van der Waals surface area contributed by atoms with Gasteiger partial charge in [0.15, 0.2) is 16.7 Å². The number of pyridine rings is 2. The molecule has 0 fully saturated rings. The molecule has 8 nitrogen and oxygen atoms in total. The maximum absolute atomic E-state index is 13.8. The molecule has 32 heavy (non-hydrogen) atoms. The van der Waals surface area contributed by atoms with Crippen molar-refractivity contribution in [3.8, 4) is 0 Å². The Morgan fingerprint density at radius 1 is 0.781 bits per heavy atom. The van der Waals surface area contributed by atoms with Gasteiger partial charge in [0, 0.05) is 29.9 Å². The number of carbonyl (C=O) groups is 2. The number of rotatable bonds is 2. The molecule has 0 amide bonds. The Hall–Kier alpha value is -4.34. The van der Waals surface area contributed by atoms with Crippen molar-refractivity contribution in [1.82, 2.24) is 9.97 Å². The van der Waals surface area contributed by atoms with Crippen molar-refractivity contribution in [2.45, 2.75) is 0 Å². The van der Waals surface area contributed by atoms with E-state index in [1.165, 1.54) is 42.7 Å². The van der Waals surface area contributed by atoms with Gasteiger partial charge in [-0.05, 0) is 24.3 Å². The number of nitrogens with one attached hydrogen (secondary N) is 2. The largest absolute Gasteiger partial charge is 0.465 e. The molecule has 0 aliphatic rings. The molecule has 10 heteroatoms. The predicted octanol–water partition coefficient (Wildman–Crippen LogP) is 2.91. The summed E-state index contributed by atoms with van der Waals surface area (Å²) in [7, 11) is 2.31. The van der Waals surface area contributed by atoms with E-state index >= 15 is 0 Å². The lowest BCUT2D eigenvalue weighted by atomic mass is 10.1. The minimum absolute atomic E-state index is 0.134. The lowest BCUT2D eigenvalue weighted by molar-refractivity contribution is 0.0586. The van der Waals surface area contributed by atoms with Crippen LogP contribution in [0.1, 0.15) is 20.7 Å². The summed E-state index contributed by atoms with van der Waals surface area (Å²) in [6.07, 6.45) is 2.84. The Balaban J connectivity index is 0.000000181. The molecular formula is C22H16F2N2O6. The van der Waals surface area contributed by atoms with Gasteiger partial charge >= 0.3 is 11.9 Å². The fourth-order valence-electron chi connectivity index (χ4n) is 2.96. The van der Waals surface area contributed by atoms with E-state index in [1.807, 2.05) is 0 Å². The second-order valence-electron chi connectivity index (χ2n) is 6.39. The second-order valence-corrected chi connectivity index (χ2v) is 6.39. The molecule has 0 unspecified atom stereocenters. The van der Waals surface area contributed by atoms with Crippen molar-refractivity contribution >= 4 is 33.7 Å². The van der Waals surface area contributed by atoms with Crippen LogP contribution in [0.25, 0.3) is 21.8 Å². The fraction of sp³-hybridized carbons (Fsp3) is 0.0909. The van der Waals surface area contributed by atoms with Crippen molar-refractivity contribution < 1.29 is 27.8 Å². The third-order valence-corrected chi connectivity index (χ3v) is 4.52. The number of H-pyrrole nitrogens is 2. The number of carbonyl (C=O) groups excluding carboxylic acids is 2. The quantitative estimate of drug-likeness (QED) is 0.461. The van der Waals surface area contributed by atoms with E-state index in [-0.39, 0.29) is 27.3 Å². The molecule has 164 valence electrons. The molecule has 0 spiro atoms. The Kier molecular flexibility index (Phi) is 6.43. The van der Waals surface area contributed by atoms with Crippen LogP contribution in [0.3, 0.4) is 0 Å². The van der Waals surface area contributed by atoms with E-state index in [0.29, 0.717) is 11.0 Å². The smallest absolute Gasteiger partial charge is 0.340 e. The summed E-state index contributed by atoms with van der Waals surface area (Å²) in [6.45, 7) is 0. The molecule has 2 N–H and O–H groups in total. The number of aromatic nitrogens is 2. The molecular weight excluding hydrogens is 426 g/mol. The summed E-state index contributed by atoms with van der Waals surface area (Å²) < 4.78 is 36.1. The summed E-state index contributed by atoms with van der Waals surface area (Å²) in [5.74, 6) is -3.18. The van der Waals surface area contributed by atoms with Gasteiger partial charge in [0.05, 0.1) is 41.8 Å². The van der Waals surface area contributed by atoms with Gasteiger partial charge < -0.3 is 19.4 Å². The van der Waals surface area contributed by atoms with Crippen LogP contribution in [0.5, 0.6) is 0 Å². The Labute approximate surface area is 178 Å². The number of aromatic amines is 2. The third-order valence-electron chi connectivity index (χ3n) is 4.52. The van der Waals surface area contributed by atoms with Gasteiger partial charge in [0.1, 0.15) is 5.82 Å². The van der Waals surface area contributed by atoms with Crippen LogP contribution < -0.4 is 10.9 Å². The standard InChI is InChI=1S/2C11H8FNO3/c1-16-11(15)6-4-7-9(5-8(6)12)13-3-2-10(7)14;1-16-11(15)6-2-3-7-9(10(6)12)8(14)4-5-13-7/h2*2-5H,1H3,(H,13,14). The third kappa shape index (κ3) is 4.24. The zero-order valence-electron chi connectivity index (χ0n) is 16.8. The lowest BCUT2D eigenvalue weighted by Gasteiger charge is -2.03. The average molecular weight is 442 g/mol. The van der Waals surface area contributed by atoms with Crippen molar-refractivity contribution in [3.05, 3.63) is 92.0 Å². The molecule has 0 aliphatic heterocycles. The molecule has 0 aliphatic carbocycles. The van der Waals surface area contributed by atoms with Crippen LogP contribution in [0.4, 0.5) is 8.78 Å². The molecule has 0 saturated heterocycles. The number of fused-ring (bicyclic) bond motifs is 2. The first kappa shape index (κ1) is 22.3. The molecule has 0 radical (unpaired) electrons. The van der Waals surface area contributed by atoms with E-state index in [0.717, 1.165) is 20.3 Å². The molecule has 0 saturated carbocycles. The molecule has 4 aromatic rings. The molecule has 2 aromatic heterocycles. The normalized spacial score (nSPS) is 10.4. The molecule has 2 heterocycles. The first-order chi connectivity index (χ1) is 15.3. The predicted molar refractivity (Wildman–Crippen MR) is 112 cm³/mol. The number of hydrogen-bond donors (Lipinski definition) is 2. The number of methoxy groups -OCH3 is 2. The molecule has 0 atom stereocenters. The van der Waals surface area contributed by atoms with E-state index in [2.05, 4.69) is 19.4 Å². The topological polar surface area (TPSA) is 118 Å². The highest BCUT2D eigenvalue weighted by molar-refractivity contribution is 5.95. The van der Waals surface area contributed by atoms with E-state index in [4.69, 9.17) is 0 Å². The zero-order chi connectivity index (χ0) is 23.4. The Bertz CT molecular complexity index is 1440. The SMILES string of the molecule is COC(=O)c1cc2c(=O)cc[nH]c2cc1F.COC(=O)c1ccc2[nH]ccc(=O)c2c1F. The first-order valence-electron chi connectivity index (χ1n) is 9.06. The van der Waals surface area contributed by atoms with Gasteiger partial charge in [-0.2, -0.15) is 0 Å². The summed E-state index contributed by atoms with van der Waals surface area (Å²) in [5, 5.41) is 0.120. The highest BCUT2D eigenvalue weighted by Gasteiger charge is 2.16. The molecule has 0 bridgehead atoms. The minimum atomic E-state index is -0.855. The van der Waals surface area contributed by atoms with Crippen LogP contribution in [-0.4, -0.2) is 36.1 Å².